The average Bonchev–Trinajstić information content (AvgIpc) is 3.01. The fourth-order valence-electron chi connectivity index (χ4n) is 2.36. The van der Waals surface area contributed by atoms with Crippen molar-refractivity contribution in [3.63, 3.8) is 0 Å². The molecule has 0 bridgehead atoms. The van der Waals surface area contributed by atoms with Crippen LogP contribution in [0.1, 0.15) is 34.1 Å². The summed E-state index contributed by atoms with van der Waals surface area (Å²) in [4.78, 5) is 11.0. The Morgan fingerprint density at radius 1 is 1.26 bits per heavy atom. The summed E-state index contributed by atoms with van der Waals surface area (Å²) in [6.07, 6.45) is 2.95. The van der Waals surface area contributed by atoms with Gasteiger partial charge in [-0.2, -0.15) is 0 Å². The standard InChI is InChI=1S/C16H31N5S2/c1-13(2)21(14(3)4)10-8-19-15(17-5)18-7-6-11-22-16-20-9-12-23-16/h9,12-14H,6-8,10-11H2,1-5H3,(H2,17,18,19). The molecule has 0 aromatic carbocycles. The number of hydrogen-bond donors (Lipinski definition) is 2. The van der Waals surface area contributed by atoms with Crippen molar-refractivity contribution in [3.05, 3.63) is 11.6 Å². The van der Waals surface area contributed by atoms with Crippen LogP contribution in [0.15, 0.2) is 20.9 Å². The molecule has 1 heterocycles. The van der Waals surface area contributed by atoms with Crippen LogP contribution in [0.3, 0.4) is 0 Å². The maximum absolute atomic E-state index is 4.28. The van der Waals surface area contributed by atoms with Crippen molar-refractivity contribution in [3.8, 4) is 0 Å². The second kappa shape index (κ2) is 11.7. The minimum Gasteiger partial charge on any atom is -0.356 e. The molecule has 23 heavy (non-hydrogen) atoms. The Morgan fingerprint density at radius 3 is 2.52 bits per heavy atom. The zero-order chi connectivity index (χ0) is 17.1. The number of aliphatic imine (C=N–C) groups is 1. The molecule has 0 spiro atoms. The molecule has 1 rings (SSSR count). The third kappa shape index (κ3) is 8.58. The number of nitrogens with zero attached hydrogens (tertiary/aromatic N) is 3. The van der Waals surface area contributed by atoms with E-state index >= 15 is 0 Å². The van der Waals surface area contributed by atoms with E-state index in [2.05, 4.69) is 53.2 Å². The number of thioether (sulfide) groups is 1. The first-order valence-electron chi connectivity index (χ1n) is 8.27. The first-order chi connectivity index (χ1) is 11.0. The van der Waals surface area contributed by atoms with E-state index in [0.29, 0.717) is 12.1 Å². The van der Waals surface area contributed by atoms with E-state index in [9.17, 15) is 0 Å². The Balaban J connectivity index is 2.14. The maximum atomic E-state index is 4.28. The topological polar surface area (TPSA) is 52.6 Å². The molecule has 0 atom stereocenters. The summed E-state index contributed by atoms with van der Waals surface area (Å²) >= 11 is 3.52. The van der Waals surface area contributed by atoms with Crippen LogP contribution in [0, 0.1) is 0 Å². The third-order valence-corrected chi connectivity index (χ3v) is 5.51. The minimum atomic E-state index is 0.565. The number of hydrogen-bond acceptors (Lipinski definition) is 5. The molecule has 0 unspecified atom stereocenters. The summed E-state index contributed by atoms with van der Waals surface area (Å²) in [5.74, 6) is 1.96. The summed E-state index contributed by atoms with van der Waals surface area (Å²) in [6.45, 7) is 11.8. The van der Waals surface area contributed by atoms with Crippen LogP contribution in [0.2, 0.25) is 0 Å². The van der Waals surface area contributed by atoms with Gasteiger partial charge in [0.25, 0.3) is 0 Å². The van der Waals surface area contributed by atoms with Crippen molar-refractivity contribution in [2.24, 2.45) is 4.99 Å². The normalized spacial score (nSPS) is 12.4. The summed E-state index contributed by atoms with van der Waals surface area (Å²) in [7, 11) is 1.82. The maximum Gasteiger partial charge on any atom is 0.191 e. The van der Waals surface area contributed by atoms with Crippen molar-refractivity contribution < 1.29 is 0 Å². The average molecular weight is 358 g/mol. The van der Waals surface area contributed by atoms with E-state index in [1.807, 2.05) is 30.4 Å². The SMILES string of the molecule is CN=C(NCCCSc1nccs1)NCCN(C(C)C)C(C)C. The number of guanidine groups is 1. The summed E-state index contributed by atoms with van der Waals surface area (Å²) in [6, 6.07) is 1.13. The van der Waals surface area contributed by atoms with Crippen LogP contribution in [0.25, 0.3) is 0 Å². The van der Waals surface area contributed by atoms with Gasteiger partial charge in [-0.1, -0.05) is 11.8 Å². The van der Waals surface area contributed by atoms with Crippen molar-refractivity contribution in [2.75, 3.05) is 32.4 Å². The van der Waals surface area contributed by atoms with E-state index in [1.54, 1.807) is 11.3 Å². The van der Waals surface area contributed by atoms with Crippen LogP contribution in [-0.2, 0) is 0 Å². The van der Waals surface area contributed by atoms with Gasteiger partial charge in [0.2, 0.25) is 0 Å². The highest BCUT2D eigenvalue weighted by Gasteiger charge is 2.12. The fourth-order valence-corrected chi connectivity index (χ4v) is 4.00. The zero-order valence-electron chi connectivity index (χ0n) is 15.0. The molecule has 1 aromatic rings. The second-order valence-electron chi connectivity index (χ2n) is 5.85. The molecule has 0 saturated heterocycles. The highest BCUT2D eigenvalue weighted by Crippen LogP contribution is 2.20. The third-order valence-electron chi connectivity index (χ3n) is 3.46. The zero-order valence-corrected chi connectivity index (χ0v) is 16.6. The van der Waals surface area contributed by atoms with Gasteiger partial charge in [-0.25, -0.2) is 4.98 Å². The van der Waals surface area contributed by atoms with Crippen molar-refractivity contribution in [1.82, 2.24) is 20.5 Å². The molecule has 1 aromatic heterocycles. The Morgan fingerprint density at radius 2 is 1.96 bits per heavy atom. The van der Waals surface area contributed by atoms with Gasteiger partial charge in [0, 0.05) is 56.1 Å². The molecule has 0 amide bonds. The predicted octanol–water partition coefficient (Wildman–Crippen LogP) is 2.91. The van der Waals surface area contributed by atoms with E-state index in [-0.39, 0.29) is 0 Å². The van der Waals surface area contributed by atoms with Gasteiger partial charge < -0.3 is 10.6 Å². The molecule has 5 nitrogen and oxygen atoms in total. The van der Waals surface area contributed by atoms with Crippen LogP contribution < -0.4 is 10.6 Å². The number of rotatable bonds is 10. The van der Waals surface area contributed by atoms with Gasteiger partial charge in [0.15, 0.2) is 5.96 Å². The molecule has 132 valence electrons. The van der Waals surface area contributed by atoms with Gasteiger partial charge in [0.05, 0.1) is 0 Å². The lowest BCUT2D eigenvalue weighted by molar-refractivity contribution is 0.178. The van der Waals surface area contributed by atoms with E-state index in [0.717, 1.165) is 42.1 Å². The van der Waals surface area contributed by atoms with Gasteiger partial charge >= 0.3 is 0 Å². The van der Waals surface area contributed by atoms with Gasteiger partial charge in [-0.15, -0.1) is 11.3 Å². The van der Waals surface area contributed by atoms with Crippen molar-refractivity contribution in [2.45, 2.75) is 50.5 Å². The lowest BCUT2D eigenvalue weighted by Crippen LogP contribution is -2.45. The lowest BCUT2D eigenvalue weighted by Gasteiger charge is -2.30. The van der Waals surface area contributed by atoms with E-state index in [4.69, 9.17) is 0 Å². The van der Waals surface area contributed by atoms with Gasteiger partial charge in [-0.3, -0.25) is 9.89 Å². The number of nitrogens with one attached hydrogen (secondary N) is 2. The molecular weight excluding hydrogens is 326 g/mol. The van der Waals surface area contributed by atoms with Gasteiger partial charge in [0.1, 0.15) is 4.34 Å². The molecule has 2 N–H and O–H groups in total. The fraction of sp³-hybridized carbons (Fsp3) is 0.750. The molecule has 0 fully saturated rings. The van der Waals surface area contributed by atoms with Crippen LogP contribution in [0.5, 0.6) is 0 Å². The number of thiazole rings is 1. The first-order valence-corrected chi connectivity index (χ1v) is 10.1. The van der Waals surface area contributed by atoms with Crippen LogP contribution in [0.4, 0.5) is 0 Å². The molecule has 0 radical (unpaired) electrons. The monoisotopic (exact) mass is 357 g/mol. The van der Waals surface area contributed by atoms with Crippen LogP contribution >= 0.6 is 23.1 Å². The Kier molecular flexibility index (Phi) is 10.3. The van der Waals surface area contributed by atoms with E-state index < -0.39 is 0 Å². The molecule has 0 saturated carbocycles. The Bertz CT molecular complexity index is 424. The van der Waals surface area contributed by atoms with Crippen molar-refractivity contribution in [1.29, 1.82) is 0 Å². The quantitative estimate of drug-likeness (QED) is 0.292. The largest absolute Gasteiger partial charge is 0.356 e. The smallest absolute Gasteiger partial charge is 0.191 e. The molecule has 0 aliphatic heterocycles. The number of aromatic nitrogens is 1. The van der Waals surface area contributed by atoms with Crippen LogP contribution in [-0.4, -0.2) is 60.4 Å². The summed E-state index contributed by atoms with van der Waals surface area (Å²) < 4.78 is 1.15. The summed E-state index contributed by atoms with van der Waals surface area (Å²) in [5.41, 5.74) is 0. The lowest BCUT2D eigenvalue weighted by atomic mass is 10.2. The Labute approximate surface area is 149 Å². The summed E-state index contributed by atoms with van der Waals surface area (Å²) in [5, 5.41) is 8.78. The molecule has 7 heteroatoms. The predicted molar refractivity (Wildman–Crippen MR) is 104 cm³/mol. The van der Waals surface area contributed by atoms with E-state index in [1.165, 1.54) is 0 Å². The Hall–Kier alpha value is -0.790. The van der Waals surface area contributed by atoms with Crippen molar-refractivity contribution >= 4 is 29.1 Å². The highest BCUT2D eigenvalue weighted by molar-refractivity contribution is 8.00. The molecule has 0 aliphatic carbocycles. The minimum absolute atomic E-state index is 0.565. The molecule has 0 aliphatic rings. The van der Waals surface area contributed by atoms with Gasteiger partial charge in [-0.05, 0) is 34.1 Å². The highest BCUT2D eigenvalue weighted by atomic mass is 32.2. The first kappa shape index (κ1) is 20.3. The molecular formula is C16H31N5S2. The second-order valence-corrected chi connectivity index (χ2v) is 8.09.